The number of fused-ring (bicyclic) bond motifs is 2. The number of hydrogen-bond acceptors (Lipinski definition) is 3. The van der Waals surface area contributed by atoms with Gasteiger partial charge < -0.3 is 4.42 Å². The SMILES string of the molecule is O=c1cc(-c2cnc3ccccc3c2)oc2ccccc12. The molecule has 0 atom stereocenters. The van der Waals surface area contributed by atoms with Crippen LogP contribution in [0.1, 0.15) is 0 Å². The summed E-state index contributed by atoms with van der Waals surface area (Å²) in [6.07, 6.45) is 1.73. The zero-order valence-corrected chi connectivity index (χ0v) is 11.1. The van der Waals surface area contributed by atoms with Crippen molar-refractivity contribution in [2.75, 3.05) is 0 Å². The van der Waals surface area contributed by atoms with Gasteiger partial charge in [0.25, 0.3) is 0 Å². The van der Waals surface area contributed by atoms with Crippen molar-refractivity contribution in [3.63, 3.8) is 0 Å². The minimum Gasteiger partial charge on any atom is -0.456 e. The van der Waals surface area contributed by atoms with Gasteiger partial charge in [0, 0.05) is 23.2 Å². The van der Waals surface area contributed by atoms with E-state index in [1.807, 2.05) is 42.5 Å². The zero-order valence-electron chi connectivity index (χ0n) is 11.1. The Kier molecular flexibility index (Phi) is 2.57. The average molecular weight is 273 g/mol. The summed E-state index contributed by atoms with van der Waals surface area (Å²) < 4.78 is 5.84. The molecular formula is C18H11NO2. The van der Waals surface area contributed by atoms with Crippen LogP contribution < -0.4 is 5.43 Å². The van der Waals surface area contributed by atoms with E-state index in [0.717, 1.165) is 16.5 Å². The fraction of sp³-hybridized carbons (Fsp3) is 0. The molecule has 2 aromatic heterocycles. The minimum atomic E-state index is -0.0417. The molecule has 0 spiro atoms. The summed E-state index contributed by atoms with van der Waals surface area (Å²) in [5, 5.41) is 1.61. The van der Waals surface area contributed by atoms with Crippen molar-refractivity contribution in [3.05, 3.63) is 77.1 Å². The standard InChI is InChI=1S/C18H11NO2/c20-16-10-18(21-17-8-4-2-6-14(16)17)13-9-12-5-1-3-7-15(12)19-11-13/h1-11H. The van der Waals surface area contributed by atoms with Crippen LogP contribution in [0, 0.1) is 0 Å². The van der Waals surface area contributed by atoms with E-state index in [0.29, 0.717) is 16.7 Å². The number of hydrogen-bond donors (Lipinski definition) is 0. The van der Waals surface area contributed by atoms with Gasteiger partial charge >= 0.3 is 0 Å². The van der Waals surface area contributed by atoms with E-state index in [-0.39, 0.29) is 5.43 Å². The monoisotopic (exact) mass is 273 g/mol. The van der Waals surface area contributed by atoms with Crippen LogP contribution in [0.4, 0.5) is 0 Å². The molecule has 100 valence electrons. The predicted molar refractivity (Wildman–Crippen MR) is 83.2 cm³/mol. The molecule has 0 fully saturated rings. The molecule has 0 N–H and O–H groups in total. The first-order valence-electron chi connectivity index (χ1n) is 6.69. The summed E-state index contributed by atoms with van der Waals surface area (Å²) in [6, 6.07) is 18.6. The molecule has 0 aliphatic rings. The lowest BCUT2D eigenvalue weighted by molar-refractivity contribution is 0.619. The first-order valence-corrected chi connectivity index (χ1v) is 6.69. The first-order chi connectivity index (χ1) is 10.3. The molecule has 4 aromatic rings. The van der Waals surface area contributed by atoms with Gasteiger partial charge in [0.1, 0.15) is 11.3 Å². The van der Waals surface area contributed by atoms with Crippen molar-refractivity contribution >= 4 is 21.9 Å². The van der Waals surface area contributed by atoms with Crippen LogP contribution in [0.5, 0.6) is 0 Å². The summed E-state index contributed by atoms with van der Waals surface area (Å²) in [6.45, 7) is 0. The van der Waals surface area contributed by atoms with E-state index in [1.165, 1.54) is 6.07 Å². The fourth-order valence-electron chi connectivity index (χ4n) is 2.45. The van der Waals surface area contributed by atoms with Gasteiger partial charge in [-0.3, -0.25) is 9.78 Å². The number of para-hydroxylation sites is 2. The number of nitrogens with zero attached hydrogens (tertiary/aromatic N) is 1. The molecule has 2 aromatic carbocycles. The van der Waals surface area contributed by atoms with Crippen LogP contribution in [-0.4, -0.2) is 4.98 Å². The second kappa shape index (κ2) is 4.56. The maximum absolute atomic E-state index is 12.2. The number of benzene rings is 2. The van der Waals surface area contributed by atoms with Crippen LogP contribution in [0.25, 0.3) is 33.2 Å². The summed E-state index contributed by atoms with van der Waals surface area (Å²) in [7, 11) is 0. The second-order valence-corrected chi connectivity index (χ2v) is 4.89. The quantitative estimate of drug-likeness (QED) is 0.526. The Labute approximate surface area is 120 Å². The molecule has 0 amide bonds. The summed E-state index contributed by atoms with van der Waals surface area (Å²) >= 11 is 0. The highest BCUT2D eigenvalue weighted by Crippen LogP contribution is 2.24. The van der Waals surface area contributed by atoms with Crippen molar-refractivity contribution in [3.8, 4) is 11.3 Å². The van der Waals surface area contributed by atoms with E-state index < -0.39 is 0 Å². The largest absolute Gasteiger partial charge is 0.456 e. The van der Waals surface area contributed by atoms with Gasteiger partial charge in [-0.05, 0) is 24.3 Å². The zero-order chi connectivity index (χ0) is 14.2. The Morgan fingerprint density at radius 1 is 0.905 bits per heavy atom. The Hall–Kier alpha value is -2.94. The van der Waals surface area contributed by atoms with Gasteiger partial charge in [-0.25, -0.2) is 0 Å². The molecule has 0 unspecified atom stereocenters. The minimum absolute atomic E-state index is 0.0417. The molecule has 0 saturated carbocycles. The highest BCUT2D eigenvalue weighted by Gasteiger charge is 2.07. The summed E-state index contributed by atoms with van der Waals surface area (Å²) in [5.41, 5.74) is 2.27. The number of aromatic nitrogens is 1. The normalized spacial score (nSPS) is 11.0. The molecule has 0 aliphatic carbocycles. The van der Waals surface area contributed by atoms with Crippen LogP contribution in [0.3, 0.4) is 0 Å². The van der Waals surface area contributed by atoms with Gasteiger partial charge in [-0.1, -0.05) is 30.3 Å². The van der Waals surface area contributed by atoms with Gasteiger partial charge in [0.15, 0.2) is 5.43 Å². The highest BCUT2D eigenvalue weighted by molar-refractivity contribution is 5.84. The second-order valence-electron chi connectivity index (χ2n) is 4.89. The average Bonchev–Trinajstić information content (AvgIpc) is 2.54. The maximum Gasteiger partial charge on any atom is 0.193 e. The van der Waals surface area contributed by atoms with E-state index in [9.17, 15) is 4.79 Å². The summed E-state index contributed by atoms with van der Waals surface area (Å²) in [4.78, 5) is 16.6. The van der Waals surface area contributed by atoms with Crippen molar-refractivity contribution in [2.24, 2.45) is 0 Å². The smallest absolute Gasteiger partial charge is 0.193 e. The lowest BCUT2D eigenvalue weighted by atomic mass is 10.1. The summed E-state index contributed by atoms with van der Waals surface area (Å²) in [5.74, 6) is 0.539. The molecular weight excluding hydrogens is 262 g/mol. The topological polar surface area (TPSA) is 43.1 Å². The van der Waals surface area contributed by atoms with Crippen molar-refractivity contribution in [1.29, 1.82) is 0 Å². The third-order valence-electron chi connectivity index (χ3n) is 3.51. The van der Waals surface area contributed by atoms with Crippen molar-refractivity contribution in [2.45, 2.75) is 0 Å². The van der Waals surface area contributed by atoms with Crippen LogP contribution >= 0.6 is 0 Å². The molecule has 0 saturated heterocycles. The molecule has 2 heterocycles. The van der Waals surface area contributed by atoms with Gasteiger partial charge in [0.2, 0.25) is 0 Å². The van der Waals surface area contributed by atoms with E-state index >= 15 is 0 Å². The van der Waals surface area contributed by atoms with Crippen molar-refractivity contribution in [1.82, 2.24) is 4.98 Å². The van der Waals surface area contributed by atoms with Crippen LogP contribution in [0.2, 0.25) is 0 Å². The van der Waals surface area contributed by atoms with E-state index in [1.54, 1.807) is 18.3 Å². The predicted octanol–water partition coefficient (Wildman–Crippen LogP) is 4.01. The number of rotatable bonds is 1. The van der Waals surface area contributed by atoms with Gasteiger partial charge in [-0.2, -0.15) is 0 Å². The highest BCUT2D eigenvalue weighted by atomic mass is 16.3. The maximum atomic E-state index is 12.2. The van der Waals surface area contributed by atoms with Crippen molar-refractivity contribution < 1.29 is 4.42 Å². The third kappa shape index (κ3) is 1.99. The van der Waals surface area contributed by atoms with Crippen LogP contribution in [0.15, 0.2) is 76.1 Å². The van der Waals surface area contributed by atoms with E-state index in [2.05, 4.69) is 4.98 Å². The molecule has 4 rings (SSSR count). The molecule has 0 aliphatic heterocycles. The lowest BCUT2D eigenvalue weighted by Crippen LogP contribution is -2.00. The Morgan fingerprint density at radius 3 is 2.67 bits per heavy atom. The Bertz CT molecular complexity index is 1020. The first kappa shape index (κ1) is 11.9. The molecule has 0 radical (unpaired) electrons. The fourth-order valence-corrected chi connectivity index (χ4v) is 2.45. The third-order valence-corrected chi connectivity index (χ3v) is 3.51. The Morgan fingerprint density at radius 2 is 1.71 bits per heavy atom. The molecule has 0 bridgehead atoms. The number of pyridine rings is 1. The van der Waals surface area contributed by atoms with E-state index in [4.69, 9.17) is 4.42 Å². The van der Waals surface area contributed by atoms with Gasteiger partial charge in [-0.15, -0.1) is 0 Å². The van der Waals surface area contributed by atoms with Crippen LogP contribution in [-0.2, 0) is 0 Å². The molecule has 21 heavy (non-hydrogen) atoms. The molecule has 3 nitrogen and oxygen atoms in total. The Balaban J connectivity index is 1.97. The molecule has 3 heteroatoms. The lowest BCUT2D eigenvalue weighted by Gasteiger charge is -2.04. The van der Waals surface area contributed by atoms with Gasteiger partial charge in [0.05, 0.1) is 10.9 Å².